The summed E-state index contributed by atoms with van der Waals surface area (Å²) in [4.78, 5) is 24.4. The first-order chi connectivity index (χ1) is 15.1. The van der Waals surface area contributed by atoms with Crippen LogP contribution in [-0.4, -0.2) is 44.2 Å². The monoisotopic (exact) mass is 425 g/mol. The maximum Gasteiger partial charge on any atom is 0.251 e. The van der Waals surface area contributed by atoms with Crippen LogP contribution in [0.5, 0.6) is 5.75 Å². The van der Waals surface area contributed by atoms with Gasteiger partial charge in [-0.3, -0.25) is 9.59 Å². The molecule has 1 aliphatic rings. The Hall–Kier alpha value is -3.06. The predicted octanol–water partition coefficient (Wildman–Crippen LogP) is 3.82. The molecule has 1 unspecified atom stereocenters. The Kier molecular flexibility index (Phi) is 8.72. The summed E-state index contributed by atoms with van der Waals surface area (Å²) >= 11 is 0. The number of carbonyl (C=O) groups is 2. The fourth-order valence-electron chi connectivity index (χ4n) is 3.21. The summed E-state index contributed by atoms with van der Waals surface area (Å²) in [6.45, 7) is 4.26. The number of hydrogen-bond acceptors (Lipinski definition) is 5. The number of ether oxygens (including phenoxy) is 2. The van der Waals surface area contributed by atoms with Crippen LogP contribution < -0.4 is 20.7 Å². The quantitative estimate of drug-likeness (QED) is 0.476. The molecule has 31 heavy (non-hydrogen) atoms. The minimum atomic E-state index is -0.168. The number of carbonyl (C=O) groups excluding carboxylic acids is 2. The summed E-state index contributed by atoms with van der Waals surface area (Å²) in [5, 5.41) is 8.80. The molecule has 0 bridgehead atoms. The molecule has 3 rings (SSSR count). The van der Waals surface area contributed by atoms with Gasteiger partial charge in [0.05, 0.1) is 19.3 Å². The Labute approximate surface area is 183 Å². The van der Waals surface area contributed by atoms with Crippen molar-refractivity contribution in [3.05, 3.63) is 54.1 Å². The van der Waals surface area contributed by atoms with Crippen LogP contribution in [0.15, 0.2) is 48.5 Å². The Balaban J connectivity index is 1.39. The lowest BCUT2D eigenvalue weighted by molar-refractivity contribution is -0.114. The zero-order chi connectivity index (χ0) is 21.9. The van der Waals surface area contributed by atoms with Gasteiger partial charge >= 0.3 is 0 Å². The lowest BCUT2D eigenvalue weighted by Crippen LogP contribution is -2.31. The molecule has 166 valence electrons. The van der Waals surface area contributed by atoms with Gasteiger partial charge < -0.3 is 25.4 Å². The number of anilines is 2. The molecule has 0 spiro atoms. The van der Waals surface area contributed by atoms with E-state index in [2.05, 4.69) is 22.9 Å². The molecule has 1 fully saturated rings. The first kappa shape index (κ1) is 22.6. The van der Waals surface area contributed by atoms with Crippen LogP contribution in [0.3, 0.4) is 0 Å². The fourth-order valence-corrected chi connectivity index (χ4v) is 3.21. The van der Waals surface area contributed by atoms with Crippen LogP contribution in [0.1, 0.15) is 43.0 Å². The van der Waals surface area contributed by atoms with E-state index in [1.807, 2.05) is 24.3 Å². The summed E-state index contributed by atoms with van der Waals surface area (Å²) in [5.74, 6) is 0.513. The second-order valence-corrected chi connectivity index (χ2v) is 7.55. The topological polar surface area (TPSA) is 88.7 Å². The summed E-state index contributed by atoms with van der Waals surface area (Å²) in [7, 11) is 0. The van der Waals surface area contributed by atoms with Gasteiger partial charge in [0.25, 0.3) is 5.91 Å². The van der Waals surface area contributed by atoms with Gasteiger partial charge in [-0.05, 0) is 67.8 Å². The van der Waals surface area contributed by atoms with E-state index in [4.69, 9.17) is 9.47 Å². The molecule has 1 aliphatic heterocycles. The molecule has 0 aromatic heterocycles. The van der Waals surface area contributed by atoms with E-state index >= 15 is 0 Å². The van der Waals surface area contributed by atoms with Crippen molar-refractivity contribution in [2.24, 2.45) is 0 Å². The van der Waals surface area contributed by atoms with E-state index in [1.165, 1.54) is 0 Å². The largest absolute Gasteiger partial charge is 0.494 e. The minimum Gasteiger partial charge on any atom is -0.494 e. The predicted molar refractivity (Wildman–Crippen MR) is 122 cm³/mol. The third-order valence-corrected chi connectivity index (χ3v) is 5.02. The molecular formula is C24H31N3O4. The maximum atomic E-state index is 12.2. The highest BCUT2D eigenvalue weighted by atomic mass is 16.5. The third kappa shape index (κ3) is 7.61. The lowest BCUT2D eigenvalue weighted by Gasteiger charge is -2.11. The lowest BCUT2D eigenvalue weighted by atomic mass is 10.2. The van der Waals surface area contributed by atoms with Gasteiger partial charge in [-0.2, -0.15) is 0 Å². The number of nitrogens with one attached hydrogen (secondary N) is 3. The van der Waals surface area contributed by atoms with Gasteiger partial charge in [-0.1, -0.05) is 13.3 Å². The highest BCUT2D eigenvalue weighted by molar-refractivity contribution is 5.96. The van der Waals surface area contributed by atoms with Crippen molar-refractivity contribution in [3.63, 3.8) is 0 Å². The number of hydrogen-bond donors (Lipinski definition) is 3. The number of rotatable bonds is 11. The molecule has 0 radical (unpaired) electrons. The van der Waals surface area contributed by atoms with Crippen molar-refractivity contribution in [3.8, 4) is 5.75 Å². The van der Waals surface area contributed by atoms with E-state index in [9.17, 15) is 9.59 Å². The van der Waals surface area contributed by atoms with Crippen molar-refractivity contribution in [1.29, 1.82) is 0 Å². The van der Waals surface area contributed by atoms with Crippen LogP contribution in [0, 0.1) is 0 Å². The molecular weight excluding hydrogens is 394 g/mol. The van der Waals surface area contributed by atoms with Gasteiger partial charge in [-0.25, -0.2) is 0 Å². The standard InChI is InChI=1S/C24H31N3O4/c1-2-3-14-30-21-12-10-19(11-13-21)25-17-23(28)27-20-8-6-18(7-9-20)24(29)26-16-22-5-4-15-31-22/h6-13,22,25H,2-5,14-17H2,1H3,(H,26,29)(H,27,28). The molecule has 0 saturated carbocycles. The smallest absolute Gasteiger partial charge is 0.251 e. The number of unbranched alkanes of at least 4 members (excludes halogenated alkanes) is 1. The molecule has 0 aliphatic carbocycles. The zero-order valence-corrected chi connectivity index (χ0v) is 18.0. The molecule has 2 aromatic rings. The Morgan fingerprint density at radius 3 is 2.48 bits per heavy atom. The van der Waals surface area contributed by atoms with Gasteiger partial charge in [0.15, 0.2) is 0 Å². The van der Waals surface area contributed by atoms with Gasteiger partial charge in [0.2, 0.25) is 5.91 Å². The third-order valence-electron chi connectivity index (χ3n) is 5.02. The van der Waals surface area contributed by atoms with Gasteiger partial charge in [-0.15, -0.1) is 0 Å². The van der Waals surface area contributed by atoms with Crippen LogP contribution in [0.25, 0.3) is 0 Å². The molecule has 1 atom stereocenters. The molecule has 1 saturated heterocycles. The van der Waals surface area contributed by atoms with E-state index in [0.29, 0.717) is 24.4 Å². The second-order valence-electron chi connectivity index (χ2n) is 7.55. The van der Waals surface area contributed by atoms with Crippen molar-refractivity contribution in [1.82, 2.24) is 5.32 Å². The van der Waals surface area contributed by atoms with Crippen molar-refractivity contribution >= 4 is 23.2 Å². The molecule has 1 heterocycles. The average molecular weight is 426 g/mol. The maximum absolute atomic E-state index is 12.2. The SMILES string of the molecule is CCCCOc1ccc(NCC(=O)Nc2ccc(C(=O)NCC3CCCO3)cc2)cc1. The summed E-state index contributed by atoms with van der Waals surface area (Å²) in [6.07, 6.45) is 4.26. The van der Waals surface area contributed by atoms with Gasteiger partial charge in [0.1, 0.15) is 5.75 Å². The van der Waals surface area contributed by atoms with Crippen molar-refractivity contribution < 1.29 is 19.1 Å². The van der Waals surface area contributed by atoms with Crippen LogP contribution in [0.4, 0.5) is 11.4 Å². The molecule has 7 nitrogen and oxygen atoms in total. The van der Waals surface area contributed by atoms with Crippen LogP contribution in [0.2, 0.25) is 0 Å². The van der Waals surface area contributed by atoms with E-state index in [1.54, 1.807) is 24.3 Å². The first-order valence-corrected chi connectivity index (χ1v) is 10.9. The Morgan fingerprint density at radius 2 is 1.81 bits per heavy atom. The summed E-state index contributed by atoms with van der Waals surface area (Å²) in [5.41, 5.74) is 2.04. The Morgan fingerprint density at radius 1 is 1.06 bits per heavy atom. The normalized spacial score (nSPS) is 15.3. The minimum absolute atomic E-state index is 0.111. The van der Waals surface area contributed by atoms with Crippen molar-refractivity contribution in [2.75, 3.05) is 36.9 Å². The highest BCUT2D eigenvalue weighted by Crippen LogP contribution is 2.16. The fraction of sp³-hybridized carbons (Fsp3) is 0.417. The molecule has 2 amide bonds. The summed E-state index contributed by atoms with van der Waals surface area (Å²) in [6, 6.07) is 14.4. The van der Waals surface area contributed by atoms with E-state index < -0.39 is 0 Å². The zero-order valence-electron chi connectivity index (χ0n) is 18.0. The molecule has 7 heteroatoms. The summed E-state index contributed by atoms with van der Waals surface area (Å²) < 4.78 is 11.1. The Bertz CT molecular complexity index is 831. The highest BCUT2D eigenvalue weighted by Gasteiger charge is 2.16. The van der Waals surface area contributed by atoms with E-state index in [-0.39, 0.29) is 24.5 Å². The van der Waals surface area contributed by atoms with Crippen molar-refractivity contribution in [2.45, 2.75) is 38.7 Å². The van der Waals surface area contributed by atoms with Crippen LogP contribution in [-0.2, 0) is 9.53 Å². The van der Waals surface area contributed by atoms with Gasteiger partial charge in [0, 0.05) is 30.1 Å². The van der Waals surface area contributed by atoms with Crippen LogP contribution >= 0.6 is 0 Å². The molecule has 3 N–H and O–H groups in total. The average Bonchev–Trinajstić information content (AvgIpc) is 3.31. The first-order valence-electron chi connectivity index (χ1n) is 10.9. The van der Waals surface area contributed by atoms with E-state index in [0.717, 1.165) is 43.7 Å². The number of benzene rings is 2. The molecule has 2 aromatic carbocycles. The second kappa shape index (κ2) is 12.0. The number of amides is 2.